The Hall–Kier alpha value is -1.40. The van der Waals surface area contributed by atoms with Crippen molar-refractivity contribution in [3.63, 3.8) is 0 Å². The number of hydrogen-bond acceptors (Lipinski definition) is 4. The standard InChI is InChI=1S/C10H14N4OS/c1-2-14-7-12-5-9(14)4-11-3-8-6-16-10(15)13-8/h5-7,11H,2-4H2,1H3,(H,13,15). The number of nitrogens with one attached hydrogen (secondary N) is 2. The fourth-order valence-electron chi connectivity index (χ4n) is 1.51. The summed E-state index contributed by atoms with van der Waals surface area (Å²) in [5.74, 6) is 0. The molecule has 86 valence electrons. The molecule has 2 N–H and O–H groups in total. The number of rotatable bonds is 5. The molecule has 0 aromatic carbocycles. The number of hydrogen-bond donors (Lipinski definition) is 2. The molecule has 2 heterocycles. The van der Waals surface area contributed by atoms with Crippen LogP contribution >= 0.6 is 11.3 Å². The van der Waals surface area contributed by atoms with Crippen molar-refractivity contribution in [1.82, 2.24) is 19.9 Å². The predicted octanol–water partition coefficient (Wildman–Crippen LogP) is 0.943. The molecule has 2 aromatic rings. The number of nitrogens with zero attached hydrogens (tertiary/aromatic N) is 2. The van der Waals surface area contributed by atoms with Crippen molar-refractivity contribution in [2.45, 2.75) is 26.6 Å². The molecular weight excluding hydrogens is 224 g/mol. The lowest BCUT2D eigenvalue weighted by atomic mass is 10.4. The Bertz CT molecular complexity index is 499. The Morgan fingerprint density at radius 2 is 2.44 bits per heavy atom. The number of aromatic amines is 1. The predicted molar refractivity (Wildman–Crippen MR) is 63.4 cm³/mol. The summed E-state index contributed by atoms with van der Waals surface area (Å²) in [5, 5.41) is 5.11. The zero-order chi connectivity index (χ0) is 11.4. The molecule has 0 aliphatic heterocycles. The van der Waals surface area contributed by atoms with Gasteiger partial charge in [-0.25, -0.2) is 4.98 Å². The van der Waals surface area contributed by atoms with Gasteiger partial charge in [-0.05, 0) is 6.92 Å². The van der Waals surface area contributed by atoms with Crippen LogP contribution in [0.15, 0.2) is 22.7 Å². The highest BCUT2D eigenvalue weighted by Gasteiger charge is 2.00. The molecule has 0 unspecified atom stereocenters. The minimum Gasteiger partial charge on any atom is -0.334 e. The van der Waals surface area contributed by atoms with E-state index in [1.54, 1.807) is 0 Å². The van der Waals surface area contributed by atoms with Crippen molar-refractivity contribution in [2.24, 2.45) is 0 Å². The maximum atomic E-state index is 10.9. The molecule has 0 fully saturated rings. The van der Waals surface area contributed by atoms with E-state index in [0.717, 1.165) is 24.5 Å². The fraction of sp³-hybridized carbons (Fsp3) is 0.400. The number of aryl methyl sites for hydroxylation is 1. The Morgan fingerprint density at radius 1 is 1.56 bits per heavy atom. The van der Waals surface area contributed by atoms with E-state index in [2.05, 4.69) is 26.8 Å². The van der Waals surface area contributed by atoms with Crippen LogP contribution in [-0.2, 0) is 19.6 Å². The smallest absolute Gasteiger partial charge is 0.304 e. The molecule has 2 rings (SSSR count). The first-order valence-electron chi connectivity index (χ1n) is 5.16. The second kappa shape index (κ2) is 5.09. The highest BCUT2D eigenvalue weighted by molar-refractivity contribution is 7.07. The maximum Gasteiger partial charge on any atom is 0.304 e. The van der Waals surface area contributed by atoms with Crippen LogP contribution in [-0.4, -0.2) is 14.5 Å². The van der Waals surface area contributed by atoms with Crippen molar-refractivity contribution in [3.8, 4) is 0 Å². The second-order valence-electron chi connectivity index (χ2n) is 3.45. The summed E-state index contributed by atoms with van der Waals surface area (Å²) in [7, 11) is 0. The summed E-state index contributed by atoms with van der Waals surface area (Å²) < 4.78 is 2.09. The van der Waals surface area contributed by atoms with E-state index in [4.69, 9.17) is 0 Å². The van der Waals surface area contributed by atoms with Crippen LogP contribution in [0.2, 0.25) is 0 Å². The monoisotopic (exact) mass is 238 g/mol. The topological polar surface area (TPSA) is 62.7 Å². The number of H-pyrrole nitrogens is 1. The Labute approximate surface area is 97.2 Å². The number of imidazole rings is 1. The van der Waals surface area contributed by atoms with Crippen LogP contribution in [0.1, 0.15) is 18.3 Å². The van der Waals surface area contributed by atoms with Gasteiger partial charge >= 0.3 is 4.87 Å². The molecule has 6 heteroatoms. The SMILES string of the molecule is CCn1cncc1CNCc1csc(=O)[nH]1. The average molecular weight is 238 g/mol. The van der Waals surface area contributed by atoms with E-state index < -0.39 is 0 Å². The zero-order valence-corrected chi connectivity index (χ0v) is 9.88. The normalized spacial score (nSPS) is 10.8. The lowest BCUT2D eigenvalue weighted by Crippen LogP contribution is -2.16. The maximum absolute atomic E-state index is 10.9. The minimum absolute atomic E-state index is 0.00426. The molecule has 0 saturated carbocycles. The van der Waals surface area contributed by atoms with E-state index in [1.807, 2.05) is 17.9 Å². The van der Waals surface area contributed by atoms with Gasteiger partial charge < -0.3 is 14.9 Å². The highest BCUT2D eigenvalue weighted by atomic mass is 32.1. The summed E-state index contributed by atoms with van der Waals surface area (Å²) in [4.78, 5) is 17.8. The van der Waals surface area contributed by atoms with Crippen molar-refractivity contribution in [2.75, 3.05) is 0 Å². The first-order chi connectivity index (χ1) is 7.79. The van der Waals surface area contributed by atoms with E-state index in [9.17, 15) is 4.79 Å². The van der Waals surface area contributed by atoms with Gasteiger partial charge in [0.2, 0.25) is 0 Å². The summed E-state index contributed by atoms with van der Waals surface area (Å²) >= 11 is 1.19. The zero-order valence-electron chi connectivity index (χ0n) is 9.06. The molecule has 0 spiro atoms. The molecule has 0 aliphatic carbocycles. The largest absolute Gasteiger partial charge is 0.334 e. The first-order valence-corrected chi connectivity index (χ1v) is 6.04. The van der Waals surface area contributed by atoms with Gasteiger partial charge in [0.05, 0.1) is 12.0 Å². The summed E-state index contributed by atoms with van der Waals surface area (Å²) in [6.45, 7) is 4.44. The van der Waals surface area contributed by atoms with Crippen LogP contribution in [0.25, 0.3) is 0 Å². The Morgan fingerprint density at radius 3 is 3.12 bits per heavy atom. The minimum atomic E-state index is -0.00426. The van der Waals surface area contributed by atoms with Crippen LogP contribution in [0.5, 0.6) is 0 Å². The van der Waals surface area contributed by atoms with Crippen molar-refractivity contribution >= 4 is 11.3 Å². The summed E-state index contributed by atoms with van der Waals surface area (Å²) in [6, 6.07) is 0. The molecule has 0 bridgehead atoms. The number of aromatic nitrogens is 3. The molecule has 0 radical (unpaired) electrons. The van der Waals surface area contributed by atoms with Gasteiger partial charge in [0.25, 0.3) is 0 Å². The lowest BCUT2D eigenvalue weighted by molar-refractivity contribution is 0.623. The van der Waals surface area contributed by atoms with E-state index in [0.29, 0.717) is 6.54 Å². The van der Waals surface area contributed by atoms with Crippen molar-refractivity contribution < 1.29 is 0 Å². The van der Waals surface area contributed by atoms with Gasteiger partial charge in [-0.3, -0.25) is 4.79 Å². The highest BCUT2D eigenvalue weighted by Crippen LogP contribution is 2.00. The molecular formula is C10H14N4OS. The van der Waals surface area contributed by atoms with Gasteiger partial charge in [-0.1, -0.05) is 11.3 Å². The molecule has 2 aromatic heterocycles. The van der Waals surface area contributed by atoms with Crippen LogP contribution in [0.3, 0.4) is 0 Å². The van der Waals surface area contributed by atoms with E-state index in [1.165, 1.54) is 11.3 Å². The van der Waals surface area contributed by atoms with E-state index >= 15 is 0 Å². The van der Waals surface area contributed by atoms with Crippen LogP contribution in [0.4, 0.5) is 0 Å². The van der Waals surface area contributed by atoms with Gasteiger partial charge in [-0.15, -0.1) is 0 Å². The van der Waals surface area contributed by atoms with Gasteiger partial charge in [0, 0.05) is 36.9 Å². The average Bonchev–Trinajstić information content (AvgIpc) is 2.87. The second-order valence-corrected chi connectivity index (χ2v) is 4.29. The lowest BCUT2D eigenvalue weighted by Gasteiger charge is -2.05. The molecule has 0 atom stereocenters. The summed E-state index contributed by atoms with van der Waals surface area (Å²) in [6.07, 6.45) is 3.68. The van der Waals surface area contributed by atoms with Crippen LogP contribution in [0, 0.1) is 0 Å². The third-order valence-corrected chi connectivity index (χ3v) is 3.05. The molecule has 5 nitrogen and oxygen atoms in total. The van der Waals surface area contributed by atoms with Gasteiger partial charge in [-0.2, -0.15) is 0 Å². The van der Waals surface area contributed by atoms with Gasteiger partial charge in [0.15, 0.2) is 0 Å². The first kappa shape index (κ1) is 11.1. The fourth-order valence-corrected chi connectivity index (χ4v) is 2.09. The Kier molecular flexibility index (Phi) is 3.53. The number of thiazole rings is 1. The van der Waals surface area contributed by atoms with Crippen molar-refractivity contribution in [1.29, 1.82) is 0 Å². The molecule has 0 saturated heterocycles. The van der Waals surface area contributed by atoms with Crippen molar-refractivity contribution in [3.05, 3.63) is 39.0 Å². The van der Waals surface area contributed by atoms with E-state index in [-0.39, 0.29) is 4.87 Å². The van der Waals surface area contributed by atoms with Gasteiger partial charge in [0.1, 0.15) is 0 Å². The quantitative estimate of drug-likeness (QED) is 0.815. The molecule has 0 aliphatic rings. The molecule has 16 heavy (non-hydrogen) atoms. The third kappa shape index (κ3) is 2.59. The Balaban J connectivity index is 1.86. The van der Waals surface area contributed by atoms with Crippen LogP contribution < -0.4 is 10.2 Å². The third-order valence-electron chi connectivity index (χ3n) is 2.33. The molecule has 0 amide bonds. The summed E-state index contributed by atoms with van der Waals surface area (Å²) in [5.41, 5.74) is 2.08.